The lowest BCUT2D eigenvalue weighted by Gasteiger charge is -2.39. The SMILES string of the molecule is CCCC1=CC([Si](c2cc(Cc3ccccc3)cc(Cc3ccccc3)c2)(c2cc(Cc3ccccc3)cc(Cc3ccccc3)c2)c2cc(Cc3ccccc3)cc(Cc3ccccc3)c2)C=C1. The summed E-state index contributed by atoms with van der Waals surface area (Å²) in [6.07, 6.45) is 15.2. The van der Waals surface area contributed by atoms with Crippen LogP contribution in [0, 0.1) is 0 Å². The third-order valence-corrected chi connectivity index (χ3v) is 18.9. The molecule has 10 rings (SSSR count). The second-order valence-electron chi connectivity index (χ2n) is 19.3. The first kappa shape index (κ1) is 45.5. The Balaban J connectivity index is 1.30. The number of hydrogen-bond acceptors (Lipinski definition) is 0. The van der Waals surface area contributed by atoms with Gasteiger partial charge in [0.15, 0.2) is 8.07 Å². The third kappa shape index (κ3) is 11.2. The molecule has 0 aliphatic heterocycles. The van der Waals surface area contributed by atoms with Gasteiger partial charge in [-0.2, -0.15) is 0 Å². The Bertz CT molecular complexity index is 2640. The topological polar surface area (TPSA) is 0 Å². The maximum Gasteiger partial charge on any atom is 0.158 e. The van der Waals surface area contributed by atoms with Crippen LogP contribution < -0.4 is 15.6 Å². The van der Waals surface area contributed by atoms with Gasteiger partial charge in [-0.05, 0) is 127 Å². The van der Waals surface area contributed by atoms with Crippen LogP contribution in [0.1, 0.15) is 86.5 Å². The molecule has 1 atom stereocenters. The molecule has 69 heavy (non-hydrogen) atoms. The summed E-state index contributed by atoms with van der Waals surface area (Å²) in [7, 11) is -3.12. The van der Waals surface area contributed by atoms with Crippen molar-refractivity contribution in [3.8, 4) is 0 Å². The first-order valence-electron chi connectivity index (χ1n) is 25.1. The minimum Gasteiger partial charge on any atom is -0.0790 e. The second-order valence-corrected chi connectivity index (χ2v) is 23.3. The molecule has 0 N–H and O–H groups in total. The van der Waals surface area contributed by atoms with Crippen molar-refractivity contribution in [2.75, 3.05) is 0 Å². The molecular weight excluding hydrogens is 845 g/mol. The van der Waals surface area contributed by atoms with Crippen LogP contribution in [0.5, 0.6) is 0 Å². The maximum atomic E-state index is 2.69. The Morgan fingerprint density at radius 1 is 0.304 bits per heavy atom. The highest BCUT2D eigenvalue weighted by atomic mass is 28.3. The van der Waals surface area contributed by atoms with Gasteiger partial charge in [-0.3, -0.25) is 0 Å². The molecule has 0 amide bonds. The lowest BCUT2D eigenvalue weighted by Crippen LogP contribution is -2.69. The van der Waals surface area contributed by atoms with Gasteiger partial charge >= 0.3 is 0 Å². The molecule has 9 aromatic carbocycles. The second kappa shape index (κ2) is 21.7. The Morgan fingerprint density at radius 3 is 0.783 bits per heavy atom. The van der Waals surface area contributed by atoms with Crippen molar-refractivity contribution in [2.24, 2.45) is 0 Å². The van der Waals surface area contributed by atoms with Crippen molar-refractivity contribution in [2.45, 2.75) is 63.8 Å². The van der Waals surface area contributed by atoms with Crippen LogP contribution in [0.3, 0.4) is 0 Å². The van der Waals surface area contributed by atoms with Crippen LogP contribution in [-0.2, 0) is 38.5 Å². The zero-order valence-corrected chi connectivity index (χ0v) is 41.0. The molecule has 1 unspecified atom stereocenters. The molecule has 0 spiro atoms. The molecule has 0 heterocycles. The average molecular weight is 907 g/mol. The van der Waals surface area contributed by atoms with Crippen molar-refractivity contribution in [3.05, 3.63) is 327 Å². The van der Waals surface area contributed by atoms with E-state index in [-0.39, 0.29) is 5.54 Å². The molecule has 0 nitrogen and oxygen atoms in total. The summed E-state index contributed by atoms with van der Waals surface area (Å²) in [5, 5.41) is 4.45. The summed E-state index contributed by atoms with van der Waals surface area (Å²) in [5.74, 6) is 0. The van der Waals surface area contributed by atoms with E-state index in [9.17, 15) is 0 Å². The quantitative estimate of drug-likeness (QED) is 0.0594. The predicted molar refractivity (Wildman–Crippen MR) is 295 cm³/mol. The fourth-order valence-corrected chi connectivity index (χ4v) is 16.4. The monoisotopic (exact) mass is 906 g/mol. The van der Waals surface area contributed by atoms with Gasteiger partial charge in [0.1, 0.15) is 0 Å². The van der Waals surface area contributed by atoms with Crippen molar-refractivity contribution >= 4 is 23.6 Å². The molecule has 1 aliphatic rings. The van der Waals surface area contributed by atoms with Crippen molar-refractivity contribution in [1.29, 1.82) is 0 Å². The van der Waals surface area contributed by atoms with Gasteiger partial charge in [0.2, 0.25) is 0 Å². The molecule has 0 fully saturated rings. The standard InChI is InChI=1S/C68H62Si/c1-2-21-52-34-35-65(45-52)69(66-46-59(36-53-22-9-3-10-23-53)42-60(47-66)37-54-24-11-4-12-25-54,67-48-61(38-55-26-13-5-14-27-55)43-62(49-67)39-56-28-15-6-16-29-56)68-50-63(40-57-30-17-7-18-31-57)44-64(51-68)41-58-32-19-8-20-33-58/h3-20,22-35,42-51,65H,2,21,36-41H2,1H3. The van der Waals surface area contributed by atoms with Gasteiger partial charge in [0.05, 0.1) is 0 Å². The van der Waals surface area contributed by atoms with Gasteiger partial charge in [0.25, 0.3) is 0 Å². The Hall–Kier alpha value is -7.32. The van der Waals surface area contributed by atoms with E-state index in [2.05, 4.69) is 262 Å². The summed E-state index contributed by atoms with van der Waals surface area (Å²) < 4.78 is 0. The normalized spacial score (nSPS) is 13.3. The van der Waals surface area contributed by atoms with Gasteiger partial charge in [-0.15, -0.1) is 0 Å². The lowest BCUT2D eigenvalue weighted by atomic mass is 9.99. The summed E-state index contributed by atoms with van der Waals surface area (Å²) in [5.41, 5.74) is 17.9. The Kier molecular flexibility index (Phi) is 14.3. The number of allylic oxidation sites excluding steroid dienone is 4. The summed E-state index contributed by atoms with van der Waals surface area (Å²) in [4.78, 5) is 0. The fraction of sp³-hybridized carbons (Fsp3) is 0.147. The van der Waals surface area contributed by atoms with Gasteiger partial charge in [-0.25, -0.2) is 0 Å². The number of hydrogen-bond donors (Lipinski definition) is 0. The van der Waals surface area contributed by atoms with Crippen LogP contribution >= 0.6 is 0 Å². The lowest BCUT2D eigenvalue weighted by molar-refractivity contribution is 0.927. The van der Waals surface area contributed by atoms with Gasteiger partial charge in [-0.1, -0.05) is 274 Å². The number of rotatable bonds is 18. The highest BCUT2D eigenvalue weighted by Crippen LogP contribution is 2.36. The largest absolute Gasteiger partial charge is 0.158 e. The van der Waals surface area contributed by atoms with E-state index in [1.165, 1.54) is 87.9 Å². The summed E-state index contributed by atoms with van der Waals surface area (Å²) in [6, 6.07) is 89.9. The van der Waals surface area contributed by atoms with E-state index in [1.807, 2.05) is 0 Å². The fourth-order valence-electron chi connectivity index (χ4n) is 10.9. The molecule has 0 radical (unpaired) electrons. The van der Waals surface area contributed by atoms with Crippen LogP contribution in [0.25, 0.3) is 0 Å². The summed E-state index contributed by atoms with van der Waals surface area (Å²) in [6.45, 7) is 2.32. The molecule has 0 aromatic heterocycles. The van der Waals surface area contributed by atoms with Crippen LogP contribution in [0.4, 0.5) is 0 Å². The Labute approximate surface area is 412 Å². The van der Waals surface area contributed by atoms with E-state index in [0.717, 1.165) is 51.4 Å². The zero-order chi connectivity index (χ0) is 46.7. The van der Waals surface area contributed by atoms with Crippen LogP contribution in [0.2, 0.25) is 5.54 Å². The maximum absolute atomic E-state index is 3.12. The molecular formula is C68H62Si. The molecule has 1 heteroatoms. The van der Waals surface area contributed by atoms with E-state index < -0.39 is 8.07 Å². The van der Waals surface area contributed by atoms with Crippen molar-refractivity contribution < 1.29 is 0 Å². The zero-order valence-electron chi connectivity index (χ0n) is 40.0. The Morgan fingerprint density at radius 2 is 0.551 bits per heavy atom. The van der Waals surface area contributed by atoms with Gasteiger partial charge < -0.3 is 0 Å². The first-order chi connectivity index (χ1) is 34.0. The molecule has 9 aromatic rings. The minimum atomic E-state index is -3.12. The highest BCUT2D eigenvalue weighted by molar-refractivity contribution is 7.13. The van der Waals surface area contributed by atoms with E-state index in [1.54, 1.807) is 0 Å². The van der Waals surface area contributed by atoms with Crippen molar-refractivity contribution in [1.82, 2.24) is 0 Å². The van der Waals surface area contributed by atoms with E-state index >= 15 is 0 Å². The van der Waals surface area contributed by atoms with E-state index in [4.69, 9.17) is 0 Å². The molecule has 1 aliphatic carbocycles. The third-order valence-electron chi connectivity index (χ3n) is 14.0. The molecule has 0 saturated heterocycles. The highest BCUT2D eigenvalue weighted by Gasteiger charge is 2.47. The number of benzene rings is 9. The predicted octanol–water partition coefficient (Wildman–Crippen LogP) is 14.4. The molecule has 338 valence electrons. The average Bonchev–Trinajstić information content (AvgIpc) is 3.84. The van der Waals surface area contributed by atoms with Gasteiger partial charge in [0, 0.05) is 5.54 Å². The van der Waals surface area contributed by atoms with E-state index in [0.29, 0.717) is 0 Å². The molecule has 0 bridgehead atoms. The smallest absolute Gasteiger partial charge is 0.0790 e. The van der Waals surface area contributed by atoms with Crippen LogP contribution in [0.15, 0.2) is 260 Å². The minimum absolute atomic E-state index is 0.184. The van der Waals surface area contributed by atoms with Crippen molar-refractivity contribution in [3.63, 3.8) is 0 Å². The molecule has 0 saturated carbocycles. The first-order valence-corrected chi connectivity index (χ1v) is 27.2. The van der Waals surface area contributed by atoms with Crippen LogP contribution in [-0.4, -0.2) is 8.07 Å². The summed E-state index contributed by atoms with van der Waals surface area (Å²) >= 11 is 0.